The van der Waals surface area contributed by atoms with Gasteiger partial charge in [0.25, 0.3) is 5.56 Å². The number of H-pyrrole nitrogens is 1. The predicted molar refractivity (Wildman–Crippen MR) is 97.0 cm³/mol. The van der Waals surface area contributed by atoms with Crippen LogP contribution in [0.4, 0.5) is 0 Å². The lowest BCUT2D eigenvalue weighted by Crippen LogP contribution is -2.35. The Labute approximate surface area is 152 Å². The Morgan fingerprint density at radius 3 is 2.42 bits per heavy atom. The third kappa shape index (κ3) is 7.97. The average molecular weight is 392 g/mol. The second-order valence-corrected chi connectivity index (χ2v) is 8.09. The van der Waals surface area contributed by atoms with E-state index in [0.717, 1.165) is 0 Å². The van der Waals surface area contributed by atoms with Crippen LogP contribution in [-0.2, 0) is 18.3 Å². The summed E-state index contributed by atoms with van der Waals surface area (Å²) in [7, 11) is -4.18. The second-order valence-electron chi connectivity index (χ2n) is 6.69. The van der Waals surface area contributed by atoms with Crippen LogP contribution in [0, 0.1) is 5.92 Å². The van der Waals surface area contributed by atoms with E-state index in [2.05, 4.69) is 4.98 Å². The Balaban J connectivity index is 2.89. The van der Waals surface area contributed by atoms with Gasteiger partial charge in [-0.05, 0) is 32.6 Å². The van der Waals surface area contributed by atoms with Crippen LogP contribution in [0.15, 0.2) is 21.9 Å². The van der Waals surface area contributed by atoms with Gasteiger partial charge in [-0.2, -0.15) is 0 Å². The fraction of sp³-hybridized carbons (Fsp3) is 0.750. The zero-order valence-corrected chi connectivity index (χ0v) is 16.8. The van der Waals surface area contributed by atoms with Gasteiger partial charge in [0.05, 0.1) is 18.8 Å². The van der Waals surface area contributed by atoms with E-state index in [1.807, 2.05) is 20.8 Å². The molecule has 1 heterocycles. The van der Waals surface area contributed by atoms with Gasteiger partial charge in [0.15, 0.2) is 0 Å². The topological polar surface area (TPSA) is 120 Å². The molecule has 0 fully saturated rings. The summed E-state index contributed by atoms with van der Waals surface area (Å²) >= 11 is 0. The van der Waals surface area contributed by atoms with E-state index >= 15 is 0 Å². The summed E-state index contributed by atoms with van der Waals surface area (Å²) in [4.78, 5) is 35.1. The van der Waals surface area contributed by atoms with Crippen molar-refractivity contribution >= 4 is 7.82 Å². The van der Waals surface area contributed by atoms with Crippen molar-refractivity contribution in [2.45, 2.75) is 65.9 Å². The largest absolute Gasteiger partial charge is 0.472 e. The van der Waals surface area contributed by atoms with Gasteiger partial charge in [-0.3, -0.25) is 23.4 Å². The smallest absolute Gasteiger partial charge is 0.352 e. The highest BCUT2D eigenvalue weighted by Crippen LogP contribution is 2.44. The number of nitrogens with zero attached hydrogens (tertiary/aromatic N) is 1. The molecule has 9 nitrogen and oxygen atoms in total. The number of phosphoric ester groups is 1. The number of aromatic amines is 1. The van der Waals surface area contributed by atoms with E-state index in [-0.39, 0.29) is 12.5 Å². The summed E-state index contributed by atoms with van der Waals surface area (Å²) in [6.45, 7) is 8.88. The third-order valence-electron chi connectivity index (χ3n) is 3.36. The number of hydrogen-bond acceptors (Lipinski definition) is 6. The number of phosphoric acid groups is 1. The molecule has 10 heteroatoms. The molecule has 0 amide bonds. The Morgan fingerprint density at radius 1 is 1.27 bits per heavy atom. The molecule has 2 unspecified atom stereocenters. The average Bonchev–Trinajstić information content (AvgIpc) is 2.49. The van der Waals surface area contributed by atoms with Gasteiger partial charge < -0.3 is 9.63 Å². The molecule has 1 rings (SSSR count). The van der Waals surface area contributed by atoms with E-state index in [4.69, 9.17) is 13.8 Å². The molecule has 3 atom stereocenters. The number of hydrogen-bond donors (Lipinski definition) is 2. The maximum Gasteiger partial charge on any atom is 0.472 e. The van der Waals surface area contributed by atoms with Crippen LogP contribution in [0.5, 0.6) is 0 Å². The third-order valence-corrected chi connectivity index (χ3v) is 4.53. The van der Waals surface area contributed by atoms with Gasteiger partial charge in [0, 0.05) is 12.3 Å². The summed E-state index contributed by atoms with van der Waals surface area (Å²) in [5.41, 5.74) is -1.07. The van der Waals surface area contributed by atoms with E-state index in [1.165, 1.54) is 16.8 Å². The van der Waals surface area contributed by atoms with Crippen LogP contribution in [0.2, 0.25) is 0 Å². The van der Waals surface area contributed by atoms with Gasteiger partial charge in [0.1, 0.15) is 6.23 Å². The van der Waals surface area contributed by atoms with E-state index in [9.17, 15) is 19.0 Å². The summed E-state index contributed by atoms with van der Waals surface area (Å²) in [5.74, 6) is 0.234. The standard InChI is InChI=1S/C16H29N2O7P/c1-6-15(18-8-7-14(19)17-16(18)20)24-13(9-11(2)3)10-23-26(21,22)25-12(4)5/h7-8,11-13,15H,6,9-10H2,1-5H3,(H,21,22)(H,17,19,20)/t13-,15?/m0/s1. The lowest BCUT2D eigenvalue weighted by molar-refractivity contribution is -0.0855. The first-order valence-electron chi connectivity index (χ1n) is 8.66. The quantitative estimate of drug-likeness (QED) is 0.555. The Hall–Kier alpha value is -1.25. The van der Waals surface area contributed by atoms with Crippen molar-refractivity contribution in [3.63, 3.8) is 0 Å². The minimum absolute atomic E-state index is 0.159. The Kier molecular flexibility index (Phi) is 8.92. The number of nitrogens with one attached hydrogen (secondary N) is 1. The zero-order valence-electron chi connectivity index (χ0n) is 15.9. The fourth-order valence-electron chi connectivity index (χ4n) is 2.40. The molecule has 2 N–H and O–H groups in total. The number of ether oxygens (including phenoxy) is 1. The highest BCUT2D eigenvalue weighted by atomic mass is 31.2. The second kappa shape index (κ2) is 10.2. The van der Waals surface area contributed by atoms with Crippen molar-refractivity contribution in [1.29, 1.82) is 0 Å². The lowest BCUT2D eigenvalue weighted by atomic mass is 10.1. The van der Waals surface area contributed by atoms with E-state index in [0.29, 0.717) is 12.8 Å². The van der Waals surface area contributed by atoms with Crippen molar-refractivity contribution < 1.29 is 23.2 Å². The van der Waals surface area contributed by atoms with Crippen LogP contribution in [0.3, 0.4) is 0 Å². The molecular weight excluding hydrogens is 363 g/mol. The first kappa shape index (κ1) is 22.8. The van der Waals surface area contributed by atoms with E-state index < -0.39 is 37.5 Å². The summed E-state index contributed by atoms with van der Waals surface area (Å²) < 4.78 is 29.0. The fourth-order valence-corrected chi connectivity index (χ4v) is 3.35. The van der Waals surface area contributed by atoms with Crippen molar-refractivity contribution in [2.75, 3.05) is 6.61 Å². The zero-order chi connectivity index (χ0) is 19.9. The Morgan fingerprint density at radius 2 is 1.92 bits per heavy atom. The summed E-state index contributed by atoms with van der Waals surface area (Å²) in [5, 5.41) is 0. The molecule has 0 saturated heterocycles. The van der Waals surface area contributed by atoms with E-state index in [1.54, 1.807) is 13.8 Å². The van der Waals surface area contributed by atoms with Gasteiger partial charge in [-0.25, -0.2) is 9.36 Å². The molecule has 0 spiro atoms. The molecule has 0 bridgehead atoms. The van der Waals surface area contributed by atoms with Crippen molar-refractivity contribution in [2.24, 2.45) is 5.92 Å². The SMILES string of the molecule is CCC(O[C@H](COP(=O)(O)OC(C)C)CC(C)C)n1ccc(=O)[nH]c1=O. The first-order chi connectivity index (χ1) is 12.0. The molecule has 1 aromatic rings. The maximum absolute atomic E-state index is 12.0. The van der Waals surface area contributed by atoms with Gasteiger partial charge in [-0.15, -0.1) is 0 Å². The van der Waals surface area contributed by atoms with Crippen LogP contribution in [-0.4, -0.2) is 33.3 Å². The molecule has 0 aliphatic rings. The van der Waals surface area contributed by atoms with Crippen molar-refractivity contribution in [3.05, 3.63) is 33.1 Å². The van der Waals surface area contributed by atoms with Gasteiger partial charge in [0.2, 0.25) is 0 Å². The molecule has 150 valence electrons. The molecular formula is C16H29N2O7P. The monoisotopic (exact) mass is 392 g/mol. The number of aromatic nitrogens is 2. The molecule has 0 aliphatic heterocycles. The summed E-state index contributed by atoms with van der Waals surface area (Å²) in [6, 6.07) is 1.24. The minimum atomic E-state index is -4.18. The van der Waals surface area contributed by atoms with Crippen molar-refractivity contribution in [3.8, 4) is 0 Å². The number of rotatable bonds is 11. The predicted octanol–water partition coefficient (Wildman–Crippen LogP) is 2.42. The highest BCUT2D eigenvalue weighted by molar-refractivity contribution is 7.47. The first-order valence-corrected chi connectivity index (χ1v) is 10.2. The molecule has 0 aromatic carbocycles. The molecule has 26 heavy (non-hydrogen) atoms. The minimum Gasteiger partial charge on any atom is -0.352 e. The normalized spacial score (nSPS) is 16.6. The molecule has 0 aliphatic carbocycles. The maximum atomic E-state index is 12.0. The lowest BCUT2D eigenvalue weighted by Gasteiger charge is -2.27. The molecule has 1 aromatic heterocycles. The van der Waals surface area contributed by atoms with Crippen LogP contribution < -0.4 is 11.2 Å². The summed E-state index contributed by atoms with van der Waals surface area (Å²) in [6.07, 6.45) is 0.738. The molecule has 0 saturated carbocycles. The van der Waals surface area contributed by atoms with Gasteiger partial charge >= 0.3 is 13.5 Å². The van der Waals surface area contributed by atoms with Crippen molar-refractivity contribution in [1.82, 2.24) is 9.55 Å². The molecule has 0 radical (unpaired) electrons. The Bertz CT molecular complexity index is 713. The van der Waals surface area contributed by atoms with Crippen LogP contribution in [0.25, 0.3) is 0 Å². The van der Waals surface area contributed by atoms with Crippen LogP contribution in [0.1, 0.15) is 53.7 Å². The van der Waals surface area contributed by atoms with Crippen LogP contribution >= 0.6 is 7.82 Å². The van der Waals surface area contributed by atoms with Gasteiger partial charge in [-0.1, -0.05) is 20.8 Å². The highest BCUT2D eigenvalue weighted by Gasteiger charge is 2.27.